The molecule has 2 aromatic carbocycles. The minimum Gasteiger partial charge on any atom is -0.406 e. The van der Waals surface area contributed by atoms with Crippen molar-refractivity contribution in [2.75, 3.05) is 10.6 Å². The van der Waals surface area contributed by atoms with Crippen molar-refractivity contribution in [2.45, 2.75) is 33.1 Å². The average Bonchev–Trinajstić information content (AvgIpc) is 2.83. The molecule has 0 saturated heterocycles. The quantitative estimate of drug-likeness (QED) is 0.202. The SMILES string of the molecule is C/C(C=NSNC(=O)Nc1ccccc1C(C)C)=C\c1cnc(Nc2ccc(OC(F)(F)F)cc2)nc1. The predicted molar refractivity (Wildman–Crippen MR) is 141 cm³/mol. The number of urea groups is 1. The molecule has 3 N–H and O–H groups in total. The maximum atomic E-state index is 12.3. The lowest BCUT2D eigenvalue weighted by Crippen LogP contribution is -2.23. The molecule has 3 aromatic rings. The molecule has 0 spiro atoms. The Hall–Kier alpha value is -4.06. The Morgan fingerprint density at radius 2 is 1.76 bits per heavy atom. The van der Waals surface area contributed by atoms with Crippen LogP contribution in [-0.2, 0) is 0 Å². The molecule has 1 heterocycles. The number of anilines is 3. The number of benzene rings is 2. The standard InChI is InChI=1S/C25H25F3N6O2S/c1-16(2)21-6-4-5-7-22(21)33-24(35)34-37-31-13-17(3)12-18-14-29-23(30-15-18)32-19-8-10-20(11-9-19)36-25(26,27)28/h4-16H,1-3H3,(H,29,30,32)(H2,33,34,35)/b17-12+,31-13?. The van der Waals surface area contributed by atoms with E-state index in [0.717, 1.165) is 29.0 Å². The normalized spacial score (nSPS) is 12.0. The van der Waals surface area contributed by atoms with Gasteiger partial charge in [-0.15, -0.1) is 13.2 Å². The van der Waals surface area contributed by atoms with Gasteiger partial charge in [0.05, 0.1) is 12.1 Å². The summed E-state index contributed by atoms with van der Waals surface area (Å²) in [5, 5.41) is 5.72. The van der Waals surface area contributed by atoms with Gasteiger partial charge in [0.15, 0.2) is 0 Å². The number of hydrogen-bond acceptors (Lipinski definition) is 7. The summed E-state index contributed by atoms with van der Waals surface area (Å²) in [6.45, 7) is 5.95. The van der Waals surface area contributed by atoms with Crippen molar-refractivity contribution in [3.05, 3.63) is 77.6 Å². The van der Waals surface area contributed by atoms with Gasteiger partial charge >= 0.3 is 12.4 Å². The van der Waals surface area contributed by atoms with Gasteiger partial charge in [0.25, 0.3) is 0 Å². The van der Waals surface area contributed by atoms with Crippen molar-refractivity contribution in [3.8, 4) is 5.75 Å². The molecular formula is C25H25F3N6O2S. The van der Waals surface area contributed by atoms with Gasteiger partial charge in [-0.05, 0) is 60.4 Å². The van der Waals surface area contributed by atoms with Crippen molar-refractivity contribution >= 4 is 47.8 Å². The van der Waals surface area contributed by atoms with Crippen LogP contribution in [0.15, 0.2) is 70.9 Å². The molecule has 0 unspecified atom stereocenters. The number of hydrogen-bond donors (Lipinski definition) is 3. The largest absolute Gasteiger partial charge is 0.573 e. The Balaban J connectivity index is 1.47. The zero-order valence-electron chi connectivity index (χ0n) is 20.2. The van der Waals surface area contributed by atoms with Gasteiger partial charge in [-0.25, -0.2) is 19.2 Å². The predicted octanol–water partition coefficient (Wildman–Crippen LogP) is 7.10. The maximum Gasteiger partial charge on any atom is 0.573 e. The number of para-hydroxylation sites is 1. The second-order valence-electron chi connectivity index (χ2n) is 8.05. The number of ether oxygens (including phenoxy) is 1. The molecular weight excluding hydrogens is 505 g/mol. The van der Waals surface area contributed by atoms with Crippen molar-refractivity contribution < 1.29 is 22.7 Å². The van der Waals surface area contributed by atoms with Gasteiger partial charge in [-0.3, -0.25) is 4.72 Å². The molecule has 12 heteroatoms. The van der Waals surface area contributed by atoms with E-state index < -0.39 is 6.36 Å². The number of carbonyl (C=O) groups excluding carboxylic acids is 1. The molecule has 0 aliphatic heterocycles. The van der Waals surface area contributed by atoms with Gasteiger partial charge in [-0.2, -0.15) is 0 Å². The monoisotopic (exact) mass is 530 g/mol. The van der Waals surface area contributed by atoms with E-state index in [2.05, 4.69) is 48.3 Å². The highest BCUT2D eigenvalue weighted by atomic mass is 32.2. The van der Waals surface area contributed by atoms with Crippen molar-refractivity contribution in [2.24, 2.45) is 4.40 Å². The first-order valence-corrected chi connectivity index (χ1v) is 11.8. The molecule has 0 aliphatic rings. The Morgan fingerprint density at radius 1 is 1.08 bits per heavy atom. The highest BCUT2D eigenvalue weighted by Gasteiger charge is 2.30. The molecule has 0 fully saturated rings. The van der Waals surface area contributed by atoms with Crippen LogP contribution in [0.4, 0.5) is 35.3 Å². The number of halogens is 3. The summed E-state index contributed by atoms with van der Waals surface area (Å²) in [4.78, 5) is 20.5. The number of amides is 2. The zero-order chi connectivity index (χ0) is 26.8. The zero-order valence-corrected chi connectivity index (χ0v) is 21.0. The molecule has 0 aliphatic carbocycles. The summed E-state index contributed by atoms with van der Waals surface area (Å²) >= 11 is 0.895. The van der Waals surface area contributed by atoms with E-state index in [0.29, 0.717) is 11.3 Å². The fraction of sp³-hybridized carbons (Fsp3) is 0.200. The van der Waals surface area contributed by atoms with Crippen LogP contribution >= 0.6 is 12.1 Å². The lowest BCUT2D eigenvalue weighted by Gasteiger charge is -2.13. The second kappa shape index (κ2) is 12.8. The lowest BCUT2D eigenvalue weighted by molar-refractivity contribution is -0.274. The van der Waals surface area contributed by atoms with Crippen LogP contribution in [0.5, 0.6) is 5.75 Å². The minimum atomic E-state index is -4.74. The molecule has 3 rings (SSSR count). The van der Waals surface area contributed by atoms with Crippen LogP contribution in [0, 0.1) is 0 Å². The van der Waals surface area contributed by atoms with Crippen molar-refractivity contribution in [1.82, 2.24) is 14.7 Å². The number of carbonyl (C=O) groups is 1. The van der Waals surface area contributed by atoms with Crippen molar-refractivity contribution in [1.29, 1.82) is 0 Å². The summed E-state index contributed by atoms with van der Waals surface area (Å²) in [6.07, 6.45) is 1.81. The molecule has 194 valence electrons. The summed E-state index contributed by atoms with van der Waals surface area (Å²) in [5.41, 5.74) is 3.80. The Bertz CT molecular complexity index is 1250. The number of rotatable bonds is 9. The minimum absolute atomic E-state index is 0.275. The topological polar surface area (TPSA) is 101 Å². The molecule has 0 saturated carbocycles. The number of nitrogens with zero attached hydrogens (tertiary/aromatic N) is 3. The van der Waals surface area contributed by atoms with Crippen LogP contribution < -0.4 is 20.1 Å². The fourth-order valence-corrected chi connectivity index (χ4v) is 3.49. The van der Waals surface area contributed by atoms with Crippen LogP contribution in [0.25, 0.3) is 6.08 Å². The Labute approximate surface area is 216 Å². The fourth-order valence-electron chi connectivity index (χ4n) is 3.09. The van der Waals surface area contributed by atoms with Crippen molar-refractivity contribution in [3.63, 3.8) is 0 Å². The van der Waals surface area contributed by atoms with Gasteiger partial charge < -0.3 is 15.4 Å². The number of allylic oxidation sites excluding steroid dienone is 1. The Morgan fingerprint density at radius 3 is 2.41 bits per heavy atom. The summed E-state index contributed by atoms with van der Waals surface area (Å²) in [6, 6.07) is 12.5. The smallest absolute Gasteiger partial charge is 0.406 e. The first kappa shape index (κ1) is 27.5. The second-order valence-corrected chi connectivity index (χ2v) is 8.65. The summed E-state index contributed by atoms with van der Waals surface area (Å²) in [7, 11) is 0. The van der Waals surface area contributed by atoms with Gasteiger partial charge in [-0.1, -0.05) is 32.0 Å². The van der Waals surface area contributed by atoms with E-state index in [9.17, 15) is 18.0 Å². The summed E-state index contributed by atoms with van der Waals surface area (Å²) in [5.74, 6) is 0.233. The van der Waals surface area contributed by atoms with Crippen LogP contribution in [0.3, 0.4) is 0 Å². The summed E-state index contributed by atoms with van der Waals surface area (Å²) < 4.78 is 47.3. The van der Waals surface area contributed by atoms with E-state index in [1.165, 1.54) is 24.3 Å². The van der Waals surface area contributed by atoms with E-state index >= 15 is 0 Å². The third-order valence-electron chi connectivity index (χ3n) is 4.69. The maximum absolute atomic E-state index is 12.3. The molecule has 1 aromatic heterocycles. The van der Waals surface area contributed by atoms with E-state index in [1.54, 1.807) is 24.7 Å². The number of alkyl halides is 3. The third-order valence-corrected chi connectivity index (χ3v) is 5.18. The molecule has 2 amide bonds. The Kier molecular flexibility index (Phi) is 9.50. The highest BCUT2D eigenvalue weighted by molar-refractivity contribution is 7.96. The van der Waals surface area contributed by atoms with E-state index in [-0.39, 0.29) is 23.6 Å². The lowest BCUT2D eigenvalue weighted by atomic mass is 10.0. The average molecular weight is 531 g/mol. The molecule has 37 heavy (non-hydrogen) atoms. The van der Waals surface area contributed by atoms with Gasteiger partial charge in [0.1, 0.15) is 5.75 Å². The third kappa shape index (κ3) is 9.49. The highest BCUT2D eigenvalue weighted by Crippen LogP contribution is 2.25. The molecule has 0 radical (unpaired) electrons. The van der Waals surface area contributed by atoms with E-state index in [1.807, 2.05) is 31.2 Å². The first-order chi connectivity index (χ1) is 17.6. The van der Waals surface area contributed by atoms with Crippen LogP contribution in [0.1, 0.15) is 37.8 Å². The molecule has 8 nitrogen and oxygen atoms in total. The molecule has 0 bridgehead atoms. The first-order valence-electron chi connectivity index (χ1n) is 11.1. The number of aromatic nitrogens is 2. The molecule has 0 atom stereocenters. The van der Waals surface area contributed by atoms with Crippen LogP contribution in [-0.4, -0.2) is 28.6 Å². The number of nitrogens with one attached hydrogen (secondary N) is 3. The van der Waals surface area contributed by atoms with Gasteiger partial charge in [0, 0.05) is 35.5 Å². The van der Waals surface area contributed by atoms with E-state index in [4.69, 9.17) is 0 Å². The van der Waals surface area contributed by atoms with Gasteiger partial charge in [0.2, 0.25) is 5.95 Å². The van der Waals surface area contributed by atoms with Crippen LogP contribution in [0.2, 0.25) is 0 Å².